The van der Waals surface area contributed by atoms with Gasteiger partial charge in [-0.1, -0.05) is 6.07 Å². The van der Waals surface area contributed by atoms with Crippen molar-refractivity contribution in [1.82, 2.24) is 20.1 Å². The van der Waals surface area contributed by atoms with Gasteiger partial charge >= 0.3 is 12.3 Å². The molecule has 4 N–H and O–H groups in total. The van der Waals surface area contributed by atoms with Crippen molar-refractivity contribution in [2.75, 3.05) is 25.9 Å². The number of anilines is 1. The summed E-state index contributed by atoms with van der Waals surface area (Å²) < 4.78 is 35.8. The number of urea groups is 1. The van der Waals surface area contributed by atoms with Gasteiger partial charge in [-0.25, -0.2) is 9.78 Å². The van der Waals surface area contributed by atoms with Crippen molar-refractivity contribution in [1.29, 1.82) is 0 Å². The van der Waals surface area contributed by atoms with Crippen molar-refractivity contribution in [3.8, 4) is 11.5 Å². The number of hydrogen-bond acceptors (Lipinski definition) is 7. The number of halogens is 2. The quantitative estimate of drug-likeness (QED) is 0.581. The second kappa shape index (κ2) is 9.08. The predicted octanol–water partition coefficient (Wildman–Crippen LogP) is 1.89. The number of nitrogens with zero attached hydrogens (tertiary/aromatic N) is 3. The van der Waals surface area contributed by atoms with E-state index in [-0.39, 0.29) is 23.3 Å². The summed E-state index contributed by atoms with van der Waals surface area (Å²) in [6.07, 6.45) is -1.53. The molecule has 12 heteroatoms. The zero-order valence-corrected chi connectivity index (χ0v) is 19.6. The van der Waals surface area contributed by atoms with Crippen molar-refractivity contribution < 1.29 is 33.0 Å². The molecular weight excluding hydrogens is 476 g/mol. The molecule has 0 saturated carbocycles. The predicted molar refractivity (Wildman–Crippen MR) is 123 cm³/mol. The molecule has 2 saturated heterocycles. The zero-order valence-electron chi connectivity index (χ0n) is 19.6. The van der Waals surface area contributed by atoms with E-state index in [2.05, 4.69) is 19.8 Å². The number of pyridine rings is 1. The van der Waals surface area contributed by atoms with Gasteiger partial charge in [-0.2, -0.15) is 0 Å². The van der Waals surface area contributed by atoms with Crippen LogP contribution in [0.2, 0.25) is 0 Å². The van der Waals surface area contributed by atoms with Crippen LogP contribution in [-0.2, 0) is 11.2 Å². The van der Waals surface area contributed by atoms with Gasteiger partial charge in [0, 0.05) is 38.2 Å². The number of hydrogen-bond donors (Lipinski definition) is 3. The first-order valence-corrected chi connectivity index (χ1v) is 11.7. The highest BCUT2D eigenvalue weighted by atomic mass is 19.3. The van der Waals surface area contributed by atoms with Crippen LogP contribution in [0.25, 0.3) is 0 Å². The van der Waals surface area contributed by atoms with E-state index in [0.717, 1.165) is 17.5 Å². The van der Waals surface area contributed by atoms with Gasteiger partial charge in [0.1, 0.15) is 18.1 Å². The number of likely N-dealkylation sites (N-methyl/N-ethyl adjacent to an activating group) is 1. The van der Waals surface area contributed by atoms with Gasteiger partial charge in [0.25, 0.3) is 0 Å². The van der Waals surface area contributed by atoms with Crippen molar-refractivity contribution in [3.05, 3.63) is 47.7 Å². The van der Waals surface area contributed by atoms with E-state index in [1.165, 1.54) is 24.1 Å². The van der Waals surface area contributed by atoms with Crippen LogP contribution in [-0.4, -0.2) is 70.5 Å². The molecule has 1 aromatic carbocycles. The second-order valence-corrected chi connectivity index (χ2v) is 9.28. The molecular formula is C24H27F2N5O5. The highest BCUT2D eigenvalue weighted by Gasteiger charge is 2.54. The first kappa shape index (κ1) is 24.0. The van der Waals surface area contributed by atoms with Crippen molar-refractivity contribution in [2.24, 2.45) is 5.92 Å². The number of rotatable bonds is 4. The lowest BCUT2D eigenvalue weighted by atomic mass is 9.80. The summed E-state index contributed by atoms with van der Waals surface area (Å²) in [5.74, 6) is -0.752. The molecule has 3 aliphatic heterocycles. The third-order valence-electron chi connectivity index (χ3n) is 7.01. The van der Waals surface area contributed by atoms with Crippen molar-refractivity contribution in [2.45, 2.75) is 43.7 Å². The fraction of sp³-hybridized carbons (Fsp3) is 0.458. The van der Waals surface area contributed by atoms with Gasteiger partial charge in [0.15, 0.2) is 11.5 Å². The number of alkyl halides is 2. The molecule has 1 aromatic heterocycles. The number of nitrogen functional groups attached to an aromatic ring is 1. The Bertz CT molecular complexity index is 1180. The number of aromatic nitrogens is 1. The molecule has 0 radical (unpaired) electrons. The topological polar surface area (TPSA) is 130 Å². The Balaban J connectivity index is 1.30. The van der Waals surface area contributed by atoms with Crippen LogP contribution in [0.5, 0.6) is 11.5 Å². The highest BCUT2D eigenvalue weighted by molar-refractivity contribution is 5.89. The van der Waals surface area contributed by atoms with Crippen molar-refractivity contribution in [3.63, 3.8) is 0 Å². The first-order valence-electron chi connectivity index (χ1n) is 11.7. The number of carbonyl (C=O) groups excluding carboxylic acids is 2. The van der Waals surface area contributed by atoms with Gasteiger partial charge in [-0.3, -0.25) is 9.69 Å². The SMILES string of the molecule is CNC(=O)[C@@H]1[C@@H](Cc2ccnc(N)c2)C(O)N1C(=O)N1CCCC(c2ccc3c(c2)OC(F)(F)O3)C1. The van der Waals surface area contributed by atoms with Crippen LogP contribution in [0.15, 0.2) is 36.5 Å². The minimum atomic E-state index is -3.70. The Labute approximate surface area is 206 Å². The lowest BCUT2D eigenvalue weighted by molar-refractivity contribution is -0.286. The molecule has 4 heterocycles. The van der Waals surface area contributed by atoms with Crippen LogP contribution >= 0.6 is 0 Å². The summed E-state index contributed by atoms with van der Waals surface area (Å²) in [4.78, 5) is 32.9. The zero-order chi connectivity index (χ0) is 25.6. The van der Waals surface area contributed by atoms with Crippen molar-refractivity contribution >= 4 is 17.8 Å². The number of aliphatic hydroxyl groups excluding tert-OH is 1. The summed E-state index contributed by atoms with van der Waals surface area (Å²) in [7, 11) is 1.48. The summed E-state index contributed by atoms with van der Waals surface area (Å²) in [5, 5.41) is 13.5. The number of carbonyl (C=O) groups is 2. The average Bonchev–Trinajstić information content (AvgIpc) is 3.18. The number of nitrogens with one attached hydrogen (secondary N) is 1. The van der Waals surface area contributed by atoms with Crippen LogP contribution in [0.3, 0.4) is 0 Å². The van der Waals surface area contributed by atoms with Gasteiger partial charge < -0.3 is 30.5 Å². The summed E-state index contributed by atoms with van der Waals surface area (Å²) in [5.41, 5.74) is 7.30. The Morgan fingerprint density at radius 1 is 1.25 bits per heavy atom. The third-order valence-corrected chi connectivity index (χ3v) is 7.01. The smallest absolute Gasteiger partial charge is 0.395 e. The number of likely N-dealkylation sites (tertiary alicyclic amines) is 2. The van der Waals surface area contributed by atoms with E-state index in [9.17, 15) is 23.5 Å². The van der Waals surface area contributed by atoms with E-state index in [0.29, 0.717) is 31.7 Å². The first-order chi connectivity index (χ1) is 17.2. The Hall–Kier alpha value is -3.67. The molecule has 3 amide bonds. The maximum Gasteiger partial charge on any atom is 0.586 e. The summed E-state index contributed by atoms with van der Waals surface area (Å²) in [6, 6.07) is 6.77. The average molecular weight is 504 g/mol. The number of nitrogens with two attached hydrogens (primary N) is 1. The lowest BCUT2D eigenvalue weighted by Crippen LogP contribution is -2.72. The molecule has 2 fully saturated rings. The van der Waals surface area contributed by atoms with E-state index >= 15 is 0 Å². The van der Waals surface area contributed by atoms with E-state index < -0.39 is 30.5 Å². The van der Waals surface area contributed by atoms with E-state index in [4.69, 9.17) is 5.73 Å². The summed E-state index contributed by atoms with van der Waals surface area (Å²) >= 11 is 0. The van der Waals surface area contributed by atoms with Crippen LogP contribution < -0.4 is 20.5 Å². The van der Waals surface area contributed by atoms with E-state index in [1.807, 2.05) is 0 Å². The molecule has 2 aromatic rings. The van der Waals surface area contributed by atoms with Gasteiger partial charge in [0.2, 0.25) is 5.91 Å². The standard InChI is InChI=1S/C24H27F2N5O5/c1-28-21(32)20-16(9-13-6-7-29-19(27)10-13)22(33)31(20)23(34)30-8-2-3-15(12-30)14-4-5-17-18(11-14)36-24(25,26)35-17/h4-7,10-11,15-16,20,22,33H,2-3,8-9,12H2,1H3,(H2,27,29)(H,28,32)/t15?,16-,20+,22?/m1/s1. The number of ether oxygens (including phenoxy) is 2. The fourth-order valence-corrected chi connectivity index (χ4v) is 5.26. The Morgan fingerprint density at radius 3 is 2.78 bits per heavy atom. The van der Waals surface area contributed by atoms with Gasteiger partial charge in [0.05, 0.1) is 0 Å². The Kier molecular flexibility index (Phi) is 6.07. The molecule has 0 aliphatic carbocycles. The van der Waals surface area contributed by atoms with Crippen LogP contribution in [0, 0.1) is 5.92 Å². The van der Waals surface area contributed by atoms with Crippen LogP contribution in [0.1, 0.15) is 29.9 Å². The third kappa shape index (κ3) is 4.36. The molecule has 4 atom stereocenters. The number of piperidine rings is 1. The molecule has 2 unspecified atom stereocenters. The monoisotopic (exact) mass is 503 g/mol. The molecule has 36 heavy (non-hydrogen) atoms. The number of amides is 3. The highest BCUT2D eigenvalue weighted by Crippen LogP contribution is 2.43. The maximum absolute atomic E-state index is 13.5. The Morgan fingerprint density at radius 2 is 2.03 bits per heavy atom. The summed E-state index contributed by atoms with van der Waals surface area (Å²) in [6.45, 7) is 0.761. The minimum absolute atomic E-state index is 0.0355. The molecule has 5 rings (SSSR count). The van der Waals surface area contributed by atoms with E-state index in [1.54, 1.807) is 29.3 Å². The molecule has 3 aliphatic rings. The molecule has 192 valence electrons. The number of aliphatic hydroxyl groups is 1. The minimum Gasteiger partial charge on any atom is -0.395 e. The largest absolute Gasteiger partial charge is 0.586 e. The molecule has 10 nitrogen and oxygen atoms in total. The molecule has 0 bridgehead atoms. The fourth-order valence-electron chi connectivity index (χ4n) is 5.26. The van der Waals surface area contributed by atoms with Crippen LogP contribution in [0.4, 0.5) is 19.4 Å². The van der Waals surface area contributed by atoms with Gasteiger partial charge in [-0.15, -0.1) is 8.78 Å². The molecule has 0 spiro atoms. The maximum atomic E-state index is 13.5. The second-order valence-electron chi connectivity index (χ2n) is 9.28. The number of fused-ring (bicyclic) bond motifs is 1. The lowest BCUT2D eigenvalue weighted by Gasteiger charge is -2.53. The number of benzene rings is 1. The normalized spacial score (nSPS) is 26.3. The van der Waals surface area contributed by atoms with Gasteiger partial charge in [-0.05, 0) is 54.7 Å².